The van der Waals surface area contributed by atoms with E-state index in [2.05, 4.69) is 19.1 Å². The summed E-state index contributed by atoms with van der Waals surface area (Å²) in [5, 5.41) is 28.0. The highest BCUT2D eigenvalue weighted by atomic mass is 16.4. The highest BCUT2D eigenvalue weighted by Crippen LogP contribution is 2.20. The van der Waals surface area contributed by atoms with Gasteiger partial charge in [0.2, 0.25) is 0 Å². The molecular formula is C26H48NO6+. The number of carbonyl (C=O) groups is 3. The van der Waals surface area contributed by atoms with Crippen molar-refractivity contribution < 1.29 is 34.2 Å². The van der Waals surface area contributed by atoms with Crippen LogP contribution in [-0.2, 0) is 14.4 Å². The molecule has 7 nitrogen and oxygen atoms in total. The van der Waals surface area contributed by atoms with Gasteiger partial charge in [0.25, 0.3) is 0 Å². The molecule has 192 valence electrons. The summed E-state index contributed by atoms with van der Waals surface area (Å²) in [6, 6.07) is 0. The molecule has 0 aromatic rings. The third kappa shape index (κ3) is 14.8. The maximum absolute atomic E-state index is 11.4. The largest absolute Gasteiger partial charge is 0.481 e. The van der Waals surface area contributed by atoms with E-state index in [-0.39, 0.29) is 0 Å². The van der Waals surface area contributed by atoms with Crippen LogP contribution in [0, 0.1) is 17.8 Å². The molecule has 0 aromatic carbocycles. The van der Waals surface area contributed by atoms with Crippen molar-refractivity contribution in [2.24, 2.45) is 17.8 Å². The van der Waals surface area contributed by atoms with Gasteiger partial charge in [0.15, 0.2) is 0 Å². The number of quaternary nitrogens is 1. The Hall–Kier alpha value is -1.89. The topological polar surface area (TPSA) is 112 Å². The molecule has 3 atom stereocenters. The standard InChI is InChI=1S/C26H47NO6/c1-5-6-7-8-9-10-11-12-13-17-27(18-14-21(2)24(28)29,19-15-22(3)25(30)31)20-16-23(4)26(32)33/h12-13,21-23H,5-11,14-20H2,1-4H3,(H2-,28,29,30,31,32,33)/p+1/b13-12+. The van der Waals surface area contributed by atoms with Crippen molar-refractivity contribution in [3.05, 3.63) is 12.2 Å². The van der Waals surface area contributed by atoms with E-state index in [1.54, 1.807) is 20.8 Å². The number of hydrogen-bond donors (Lipinski definition) is 3. The van der Waals surface area contributed by atoms with Crippen LogP contribution in [0.4, 0.5) is 0 Å². The predicted molar refractivity (Wildman–Crippen MR) is 131 cm³/mol. The Labute approximate surface area is 200 Å². The zero-order chi connectivity index (χ0) is 25.3. The van der Waals surface area contributed by atoms with E-state index in [4.69, 9.17) is 0 Å². The average molecular weight is 471 g/mol. The van der Waals surface area contributed by atoms with Crippen LogP contribution in [0.1, 0.15) is 91.9 Å². The fourth-order valence-electron chi connectivity index (χ4n) is 3.84. The summed E-state index contributed by atoms with van der Waals surface area (Å²) in [5.41, 5.74) is 0. The molecule has 0 aliphatic rings. The van der Waals surface area contributed by atoms with Gasteiger partial charge in [-0.05, 0) is 18.9 Å². The fraction of sp³-hybridized carbons (Fsp3) is 0.808. The Kier molecular flexibility index (Phi) is 16.6. The Morgan fingerprint density at radius 1 is 0.667 bits per heavy atom. The first kappa shape index (κ1) is 31.1. The highest BCUT2D eigenvalue weighted by Gasteiger charge is 2.31. The Morgan fingerprint density at radius 2 is 1.06 bits per heavy atom. The van der Waals surface area contributed by atoms with E-state index >= 15 is 0 Å². The van der Waals surface area contributed by atoms with Crippen molar-refractivity contribution in [1.29, 1.82) is 0 Å². The third-order valence-corrected chi connectivity index (χ3v) is 6.76. The molecular weight excluding hydrogens is 422 g/mol. The van der Waals surface area contributed by atoms with Crippen molar-refractivity contribution in [3.8, 4) is 0 Å². The quantitative estimate of drug-likeness (QED) is 0.117. The van der Waals surface area contributed by atoms with Gasteiger partial charge in [0, 0.05) is 19.3 Å². The van der Waals surface area contributed by atoms with E-state index in [0.717, 1.165) is 12.8 Å². The van der Waals surface area contributed by atoms with Crippen LogP contribution in [-0.4, -0.2) is 63.9 Å². The summed E-state index contributed by atoms with van der Waals surface area (Å²) in [4.78, 5) is 34.1. The molecule has 0 saturated heterocycles. The maximum atomic E-state index is 11.4. The van der Waals surface area contributed by atoms with Crippen molar-refractivity contribution in [2.45, 2.75) is 91.9 Å². The van der Waals surface area contributed by atoms with Crippen molar-refractivity contribution in [3.63, 3.8) is 0 Å². The molecule has 3 unspecified atom stereocenters. The van der Waals surface area contributed by atoms with Gasteiger partial charge in [-0.1, -0.05) is 65.9 Å². The van der Waals surface area contributed by atoms with E-state index in [0.29, 0.717) is 49.9 Å². The molecule has 0 fully saturated rings. The van der Waals surface area contributed by atoms with E-state index in [1.807, 2.05) is 0 Å². The lowest BCUT2D eigenvalue weighted by atomic mass is 10.0. The zero-order valence-corrected chi connectivity index (χ0v) is 21.3. The lowest BCUT2D eigenvalue weighted by Crippen LogP contribution is -2.52. The second kappa shape index (κ2) is 17.6. The molecule has 0 radical (unpaired) electrons. The number of unbranched alkanes of at least 4 members (excludes halogenated alkanes) is 6. The van der Waals surface area contributed by atoms with E-state index in [9.17, 15) is 29.7 Å². The molecule has 0 bridgehead atoms. The molecule has 0 spiro atoms. The monoisotopic (exact) mass is 470 g/mol. The third-order valence-electron chi connectivity index (χ3n) is 6.76. The number of allylic oxidation sites excluding steroid dienone is 1. The lowest BCUT2D eigenvalue weighted by molar-refractivity contribution is -0.924. The minimum atomic E-state index is -0.843. The molecule has 7 heteroatoms. The predicted octanol–water partition coefficient (Wildman–Crippen LogP) is 5.44. The second-order valence-electron chi connectivity index (χ2n) is 9.81. The average Bonchev–Trinajstić information content (AvgIpc) is 2.77. The van der Waals surface area contributed by atoms with Crippen LogP contribution < -0.4 is 0 Å². The smallest absolute Gasteiger partial charge is 0.306 e. The van der Waals surface area contributed by atoms with Crippen molar-refractivity contribution in [1.82, 2.24) is 0 Å². The molecule has 0 aliphatic heterocycles. The van der Waals surface area contributed by atoms with Gasteiger partial charge in [-0.25, -0.2) is 0 Å². The minimum absolute atomic E-state index is 0.476. The minimum Gasteiger partial charge on any atom is -0.481 e. The van der Waals surface area contributed by atoms with Gasteiger partial charge in [-0.15, -0.1) is 0 Å². The van der Waals surface area contributed by atoms with Gasteiger partial charge in [0.1, 0.15) is 0 Å². The van der Waals surface area contributed by atoms with Crippen LogP contribution in [0.5, 0.6) is 0 Å². The first-order valence-corrected chi connectivity index (χ1v) is 12.7. The SMILES string of the molecule is CCCCCCCC/C=C/C[N+](CCC(C)C(=O)O)(CCC(C)C(=O)O)CCC(C)C(=O)O. The number of aliphatic carboxylic acids is 3. The van der Waals surface area contributed by atoms with Gasteiger partial charge in [-0.3, -0.25) is 14.4 Å². The number of carboxylic acid groups (broad SMARTS) is 3. The first-order chi connectivity index (χ1) is 15.5. The first-order valence-electron chi connectivity index (χ1n) is 12.7. The van der Waals surface area contributed by atoms with Crippen molar-refractivity contribution in [2.75, 3.05) is 26.2 Å². The van der Waals surface area contributed by atoms with Crippen LogP contribution >= 0.6 is 0 Å². The van der Waals surface area contributed by atoms with Crippen LogP contribution in [0.2, 0.25) is 0 Å². The number of carboxylic acids is 3. The number of hydrogen-bond acceptors (Lipinski definition) is 3. The molecule has 0 aliphatic carbocycles. The van der Waals surface area contributed by atoms with Crippen LogP contribution in [0.3, 0.4) is 0 Å². The van der Waals surface area contributed by atoms with Gasteiger partial charge in [-0.2, -0.15) is 0 Å². The highest BCUT2D eigenvalue weighted by molar-refractivity contribution is 5.70. The maximum Gasteiger partial charge on any atom is 0.306 e. The molecule has 0 amide bonds. The Bertz CT molecular complexity index is 544. The van der Waals surface area contributed by atoms with Crippen LogP contribution in [0.25, 0.3) is 0 Å². The zero-order valence-electron chi connectivity index (χ0n) is 21.3. The fourth-order valence-corrected chi connectivity index (χ4v) is 3.84. The van der Waals surface area contributed by atoms with Gasteiger partial charge < -0.3 is 19.8 Å². The van der Waals surface area contributed by atoms with Crippen molar-refractivity contribution >= 4 is 17.9 Å². The van der Waals surface area contributed by atoms with Gasteiger partial charge in [0.05, 0.1) is 43.9 Å². The normalized spacial score (nSPS) is 16.2. The summed E-state index contributed by atoms with van der Waals surface area (Å²) >= 11 is 0. The summed E-state index contributed by atoms with van der Waals surface area (Å²) < 4.78 is 0.528. The summed E-state index contributed by atoms with van der Waals surface area (Å²) in [5.74, 6) is -4.02. The molecule has 33 heavy (non-hydrogen) atoms. The molecule has 0 aromatic heterocycles. The second-order valence-corrected chi connectivity index (χ2v) is 9.81. The van der Waals surface area contributed by atoms with Crippen LogP contribution in [0.15, 0.2) is 12.2 Å². The van der Waals surface area contributed by atoms with E-state index < -0.39 is 35.7 Å². The number of rotatable bonds is 21. The lowest BCUT2D eigenvalue weighted by Gasteiger charge is -2.39. The molecule has 3 N–H and O–H groups in total. The van der Waals surface area contributed by atoms with E-state index in [1.165, 1.54) is 32.1 Å². The van der Waals surface area contributed by atoms with Gasteiger partial charge >= 0.3 is 17.9 Å². The Balaban J connectivity index is 5.27. The summed E-state index contributed by atoms with van der Waals surface area (Å²) in [6.45, 7) is 9.70. The number of nitrogens with zero attached hydrogens (tertiary/aromatic N) is 1. The molecule has 0 heterocycles. The Morgan fingerprint density at radius 3 is 1.45 bits per heavy atom. The molecule has 0 saturated carbocycles. The summed E-state index contributed by atoms with van der Waals surface area (Å²) in [6.07, 6.45) is 14.2. The summed E-state index contributed by atoms with van der Waals surface area (Å²) in [7, 11) is 0. The molecule has 0 rings (SSSR count).